The molecular weight excluding hydrogens is 436 g/mol. The molecule has 2 N–H and O–H groups in total. The molecule has 0 aliphatic carbocycles. The molecule has 2 unspecified atom stereocenters. The summed E-state index contributed by atoms with van der Waals surface area (Å²) in [7, 11) is 4.63. The standard InChI is InChI=1S/C23H32N2O6.ClH/c1-15-14-19(21(29-4)22(30-5)20(15)27)31-23(16(2)26)25-12-10-24(11-13-25)17-8-6-7-9-18(17)28-3;/h6-9,14,16,23,26-27H,10-13H2,1-5H3;1H. The number of aliphatic hydroxyl groups excluding tert-OH is 1. The molecule has 1 saturated heterocycles. The van der Waals surface area contributed by atoms with Gasteiger partial charge in [0.15, 0.2) is 17.7 Å². The number of aliphatic hydroxyl groups is 1. The van der Waals surface area contributed by atoms with Gasteiger partial charge in [-0.1, -0.05) is 12.1 Å². The molecule has 8 nitrogen and oxygen atoms in total. The monoisotopic (exact) mass is 468 g/mol. The number of halogens is 1. The number of nitrogens with zero attached hydrogens (tertiary/aromatic N) is 2. The van der Waals surface area contributed by atoms with Gasteiger partial charge in [0, 0.05) is 26.2 Å². The van der Waals surface area contributed by atoms with E-state index in [9.17, 15) is 10.2 Å². The van der Waals surface area contributed by atoms with Gasteiger partial charge < -0.3 is 34.1 Å². The molecule has 2 aromatic carbocycles. The van der Waals surface area contributed by atoms with Crippen molar-refractivity contribution in [2.75, 3.05) is 52.4 Å². The minimum atomic E-state index is -0.748. The normalized spacial score (nSPS) is 16.0. The van der Waals surface area contributed by atoms with Crippen molar-refractivity contribution in [2.45, 2.75) is 26.2 Å². The molecule has 9 heteroatoms. The van der Waals surface area contributed by atoms with Crippen LogP contribution in [0.5, 0.6) is 28.7 Å². The van der Waals surface area contributed by atoms with Crippen LogP contribution in [0.3, 0.4) is 0 Å². The zero-order valence-corrected chi connectivity index (χ0v) is 20.0. The second kappa shape index (κ2) is 11.4. The first kappa shape index (κ1) is 25.7. The molecule has 1 heterocycles. The molecule has 1 aliphatic heterocycles. The summed E-state index contributed by atoms with van der Waals surface area (Å²) in [6.07, 6.45) is -1.33. The highest BCUT2D eigenvalue weighted by molar-refractivity contribution is 5.85. The smallest absolute Gasteiger partial charge is 0.207 e. The lowest BCUT2D eigenvalue weighted by Gasteiger charge is -2.41. The average Bonchev–Trinajstić information content (AvgIpc) is 2.79. The number of hydrogen-bond donors (Lipinski definition) is 2. The van der Waals surface area contributed by atoms with E-state index < -0.39 is 12.3 Å². The SMILES string of the molecule is COc1ccccc1N1CCN(C(Oc2cc(C)c(O)c(OC)c2OC)C(C)O)CC1.Cl. The van der Waals surface area contributed by atoms with Crippen LogP contribution >= 0.6 is 12.4 Å². The molecule has 178 valence electrons. The van der Waals surface area contributed by atoms with E-state index in [1.54, 1.807) is 27.0 Å². The Labute approximate surface area is 195 Å². The highest BCUT2D eigenvalue weighted by Gasteiger charge is 2.31. The van der Waals surface area contributed by atoms with Gasteiger partial charge >= 0.3 is 0 Å². The van der Waals surface area contributed by atoms with E-state index in [-0.39, 0.29) is 23.9 Å². The van der Waals surface area contributed by atoms with Crippen molar-refractivity contribution in [2.24, 2.45) is 0 Å². The van der Waals surface area contributed by atoms with Crippen molar-refractivity contribution in [1.29, 1.82) is 0 Å². The fourth-order valence-corrected chi connectivity index (χ4v) is 3.92. The highest BCUT2D eigenvalue weighted by atomic mass is 35.5. The predicted molar refractivity (Wildman–Crippen MR) is 126 cm³/mol. The molecule has 2 aromatic rings. The number of phenolic OH excluding ortho intramolecular Hbond substituents is 1. The van der Waals surface area contributed by atoms with Crippen molar-refractivity contribution < 1.29 is 29.2 Å². The number of phenols is 1. The number of para-hydroxylation sites is 2. The van der Waals surface area contributed by atoms with Crippen LogP contribution in [0.25, 0.3) is 0 Å². The minimum absolute atomic E-state index is 0. The van der Waals surface area contributed by atoms with Crippen LogP contribution in [-0.4, -0.2) is 75.0 Å². The fraction of sp³-hybridized carbons (Fsp3) is 0.478. The van der Waals surface area contributed by atoms with Crippen molar-refractivity contribution in [3.05, 3.63) is 35.9 Å². The second-order valence-corrected chi connectivity index (χ2v) is 7.55. The zero-order chi connectivity index (χ0) is 22.5. The highest BCUT2D eigenvalue weighted by Crippen LogP contribution is 2.46. The zero-order valence-electron chi connectivity index (χ0n) is 19.2. The van der Waals surface area contributed by atoms with Crippen LogP contribution in [0.1, 0.15) is 12.5 Å². The third kappa shape index (κ3) is 5.26. The maximum Gasteiger partial charge on any atom is 0.207 e. The van der Waals surface area contributed by atoms with E-state index in [4.69, 9.17) is 18.9 Å². The summed E-state index contributed by atoms with van der Waals surface area (Å²) in [6.45, 7) is 6.39. The van der Waals surface area contributed by atoms with Gasteiger partial charge in [-0.05, 0) is 37.6 Å². The number of methoxy groups -OCH3 is 3. The number of rotatable bonds is 8. The summed E-state index contributed by atoms with van der Waals surface area (Å²) in [5.41, 5.74) is 1.65. The third-order valence-corrected chi connectivity index (χ3v) is 5.53. The molecule has 0 amide bonds. The van der Waals surface area contributed by atoms with Gasteiger partial charge in [0.2, 0.25) is 11.5 Å². The number of aryl methyl sites for hydroxylation is 1. The first-order chi connectivity index (χ1) is 14.9. The summed E-state index contributed by atoms with van der Waals surface area (Å²) in [5, 5.41) is 20.8. The first-order valence-electron chi connectivity index (χ1n) is 10.3. The summed E-state index contributed by atoms with van der Waals surface area (Å²) in [6, 6.07) is 9.65. The van der Waals surface area contributed by atoms with Crippen molar-refractivity contribution in [3.63, 3.8) is 0 Å². The van der Waals surface area contributed by atoms with Crippen LogP contribution in [0.2, 0.25) is 0 Å². The lowest BCUT2D eigenvalue weighted by Crippen LogP contribution is -2.55. The number of anilines is 1. The van der Waals surface area contributed by atoms with E-state index in [0.717, 1.165) is 24.5 Å². The molecule has 0 radical (unpaired) electrons. The molecule has 2 atom stereocenters. The number of benzene rings is 2. The van der Waals surface area contributed by atoms with Gasteiger partial charge in [0.05, 0.1) is 27.0 Å². The van der Waals surface area contributed by atoms with E-state index >= 15 is 0 Å². The van der Waals surface area contributed by atoms with E-state index in [0.29, 0.717) is 30.2 Å². The summed E-state index contributed by atoms with van der Waals surface area (Å²) < 4.78 is 22.5. The van der Waals surface area contributed by atoms with E-state index in [1.165, 1.54) is 14.2 Å². The Kier molecular flexibility index (Phi) is 9.12. The number of hydrogen-bond acceptors (Lipinski definition) is 8. The van der Waals surface area contributed by atoms with Gasteiger partial charge in [-0.2, -0.15) is 0 Å². The van der Waals surface area contributed by atoms with Crippen LogP contribution in [0.4, 0.5) is 5.69 Å². The van der Waals surface area contributed by atoms with E-state index in [2.05, 4.69) is 9.80 Å². The molecule has 1 fully saturated rings. The fourth-order valence-electron chi connectivity index (χ4n) is 3.92. The van der Waals surface area contributed by atoms with Crippen molar-refractivity contribution in [3.8, 4) is 28.7 Å². The van der Waals surface area contributed by atoms with Gasteiger partial charge in [0.1, 0.15) is 11.9 Å². The molecule has 3 rings (SSSR count). The summed E-state index contributed by atoms with van der Waals surface area (Å²) in [5.74, 6) is 1.76. The number of piperazine rings is 1. The Bertz CT molecular complexity index is 887. The van der Waals surface area contributed by atoms with Crippen LogP contribution < -0.4 is 23.8 Å². The Morgan fingerprint density at radius 2 is 1.53 bits per heavy atom. The van der Waals surface area contributed by atoms with Crippen molar-refractivity contribution in [1.82, 2.24) is 4.90 Å². The van der Waals surface area contributed by atoms with Crippen molar-refractivity contribution >= 4 is 18.1 Å². The maximum atomic E-state index is 10.5. The molecular formula is C23H33ClN2O6. The van der Waals surface area contributed by atoms with Crippen LogP contribution in [0.15, 0.2) is 30.3 Å². The van der Waals surface area contributed by atoms with Gasteiger partial charge in [-0.25, -0.2) is 0 Å². The molecule has 0 bridgehead atoms. The lowest BCUT2D eigenvalue weighted by molar-refractivity contribution is -0.0612. The van der Waals surface area contributed by atoms with Gasteiger partial charge in [-0.15, -0.1) is 12.4 Å². The topological polar surface area (TPSA) is 83.9 Å². The van der Waals surface area contributed by atoms with E-state index in [1.807, 2.05) is 24.3 Å². The Morgan fingerprint density at radius 1 is 0.906 bits per heavy atom. The third-order valence-electron chi connectivity index (χ3n) is 5.53. The van der Waals surface area contributed by atoms with Gasteiger partial charge in [-0.3, -0.25) is 4.90 Å². The molecule has 0 saturated carbocycles. The lowest BCUT2D eigenvalue weighted by atomic mass is 10.1. The number of aromatic hydroxyl groups is 1. The first-order valence-corrected chi connectivity index (χ1v) is 10.3. The Balaban J connectivity index is 0.00000363. The van der Waals surface area contributed by atoms with Gasteiger partial charge in [0.25, 0.3) is 0 Å². The molecule has 1 aliphatic rings. The minimum Gasteiger partial charge on any atom is -0.504 e. The summed E-state index contributed by atoms with van der Waals surface area (Å²) in [4.78, 5) is 4.37. The maximum absolute atomic E-state index is 10.5. The summed E-state index contributed by atoms with van der Waals surface area (Å²) >= 11 is 0. The number of ether oxygens (including phenoxy) is 4. The largest absolute Gasteiger partial charge is 0.504 e. The van der Waals surface area contributed by atoms with Crippen LogP contribution in [-0.2, 0) is 0 Å². The predicted octanol–water partition coefficient (Wildman–Crippen LogP) is 3.06. The second-order valence-electron chi connectivity index (χ2n) is 7.55. The Hall–Kier alpha value is -2.55. The molecule has 32 heavy (non-hydrogen) atoms. The van der Waals surface area contributed by atoms with Crippen LogP contribution in [0, 0.1) is 6.92 Å². The Morgan fingerprint density at radius 3 is 2.09 bits per heavy atom. The molecule has 0 aromatic heterocycles. The quantitative estimate of drug-likeness (QED) is 0.611. The molecule has 0 spiro atoms. The average molecular weight is 469 g/mol.